The molecule has 1 aliphatic heterocycles. The third-order valence-electron chi connectivity index (χ3n) is 3.37. The Balaban J connectivity index is 2.44. The van der Waals surface area contributed by atoms with Gasteiger partial charge in [0.15, 0.2) is 0 Å². The van der Waals surface area contributed by atoms with Crippen molar-refractivity contribution < 1.29 is 0 Å². The maximum atomic E-state index is 6.09. The van der Waals surface area contributed by atoms with Crippen LogP contribution in [0.5, 0.6) is 0 Å². The lowest BCUT2D eigenvalue weighted by Gasteiger charge is -2.16. The number of aryl methyl sites for hydroxylation is 1. The smallest absolute Gasteiger partial charge is 0.0421 e. The summed E-state index contributed by atoms with van der Waals surface area (Å²) in [5, 5.41) is 1.54. The molecule has 0 aromatic heterocycles. The molecule has 0 fully saturated rings. The van der Waals surface area contributed by atoms with Crippen molar-refractivity contribution in [2.45, 2.75) is 39.2 Å². The van der Waals surface area contributed by atoms with Crippen molar-refractivity contribution in [2.75, 3.05) is 5.73 Å². The average molecular weight is 217 g/mol. The average Bonchev–Trinajstić information content (AvgIpc) is 2.27. The highest BCUT2D eigenvalue weighted by Crippen LogP contribution is 2.15. The number of hydrogen-bond acceptors (Lipinski definition) is 1. The van der Waals surface area contributed by atoms with E-state index in [9.17, 15) is 0 Å². The molecular weight excluding hydrogens is 198 g/mol. The Morgan fingerprint density at radius 1 is 1.20 bits per heavy atom. The van der Waals surface area contributed by atoms with E-state index in [0.717, 1.165) is 5.69 Å². The Hall–Kier alpha value is -0.893. The van der Waals surface area contributed by atoms with Crippen LogP contribution in [-0.4, -0.2) is 14.1 Å². The first-order chi connectivity index (χ1) is 7.20. The quantitative estimate of drug-likeness (QED) is 0.566. The van der Waals surface area contributed by atoms with Crippen molar-refractivity contribution in [3.8, 4) is 0 Å². The second-order valence-electron chi connectivity index (χ2n) is 4.44. The molecule has 2 rings (SSSR count). The van der Waals surface area contributed by atoms with Crippen LogP contribution in [0, 0.1) is 13.8 Å². The highest BCUT2D eigenvalue weighted by molar-refractivity contribution is 6.78. The van der Waals surface area contributed by atoms with Crippen LogP contribution >= 0.6 is 0 Å². The fourth-order valence-corrected chi connectivity index (χ4v) is 5.09. The van der Waals surface area contributed by atoms with E-state index in [1.54, 1.807) is 5.19 Å². The highest BCUT2D eigenvalue weighted by atomic mass is 28.2. The summed E-state index contributed by atoms with van der Waals surface area (Å²) in [5.74, 6) is 0. The van der Waals surface area contributed by atoms with E-state index < -0.39 is 8.41 Å². The lowest BCUT2D eigenvalue weighted by Crippen LogP contribution is -2.29. The maximum Gasteiger partial charge on any atom is 0.0421 e. The molecule has 0 unspecified atom stereocenters. The Bertz CT molecular complexity index is 407. The van der Waals surface area contributed by atoms with E-state index in [1.165, 1.54) is 36.4 Å². The minimum absolute atomic E-state index is 0.399. The van der Waals surface area contributed by atoms with Gasteiger partial charge in [0.25, 0.3) is 0 Å². The van der Waals surface area contributed by atoms with E-state index in [0.29, 0.717) is 0 Å². The monoisotopic (exact) mass is 217 g/mol. The number of nitrogen functional groups attached to an aromatic ring is 1. The van der Waals surface area contributed by atoms with Crippen molar-refractivity contribution in [3.05, 3.63) is 23.3 Å². The lowest BCUT2D eigenvalue weighted by atomic mass is 10.1. The molecule has 80 valence electrons. The number of rotatable bonds is 1. The van der Waals surface area contributed by atoms with Crippen LogP contribution in [-0.2, 0) is 0 Å². The van der Waals surface area contributed by atoms with Gasteiger partial charge < -0.3 is 5.73 Å². The van der Waals surface area contributed by atoms with Crippen molar-refractivity contribution in [2.24, 2.45) is 0 Å². The topological polar surface area (TPSA) is 26.0 Å². The molecule has 1 aliphatic rings. The molecule has 0 saturated heterocycles. The fraction of sp³-hybridized carbons (Fsp3) is 0.462. The normalized spacial score (nSPS) is 16.3. The largest absolute Gasteiger partial charge is 0.398 e. The zero-order chi connectivity index (χ0) is 10.8. The summed E-state index contributed by atoms with van der Waals surface area (Å²) in [6.45, 7) is 4.27. The maximum absolute atomic E-state index is 6.09. The number of hydrogen-bond donors (Lipinski definition) is 1. The molecule has 15 heavy (non-hydrogen) atoms. The molecule has 0 atom stereocenters. The molecule has 0 spiro atoms. The van der Waals surface area contributed by atoms with E-state index in [1.807, 2.05) is 0 Å². The second-order valence-corrected chi connectivity index (χ2v) is 6.94. The van der Waals surface area contributed by atoms with Crippen LogP contribution in [0.15, 0.2) is 12.1 Å². The van der Waals surface area contributed by atoms with E-state index in [2.05, 4.69) is 31.7 Å². The summed E-state index contributed by atoms with van der Waals surface area (Å²) in [6.07, 6.45) is 4.09. The number of benzene rings is 1. The van der Waals surface area contributed by atoms with Gasteiger partial charge in [-0.05, 0) is 42.6 Å². The molecule has 0 amide bonds. The molecule has 2 heteroatoms. The van der Waals surface area contributed by atoms with Crippen molar-refractivity contribution in [3.63, 3.8) is 0 Å². The van der Waals surface area contributed by atoms with Gasteiger partial charge in [-0.2, -0.15) is 0 Å². The molecule has 2 N–H and O–H groups in total. The van der Waals surface area contributed by atoms with Gasteiger partial charge in [0, 0.05) is 14.1 Å². The summed E-state index contributed by atoms with van der Waals surface area (Å²) in [7, 11) is -0.399. The first kappa shape index (κ1) is 10.6. The second kappa shape index (κ2) is 4.31. The number of nitrogens with two attached hydrogens (primary N) is 1. The third-order valence-corrected chi connectivity index (χ3v) is 6.28. The first-order valence-electron chi connectivity index (χ1n) is 5.75. The van der Waals surface area contributed by atoms with E-state index in [-0.39, 0.29) is 0 Å². The zero-order valence-electron chi connectivity index (χ0n) is 9.64. The van der Waals surface area contributed by atoms with Gasteiger partial charge in [-0.1, -0.05) is 30.6 Å². The molecule has 1 heterocycles. The van der Waals surface area contributed by atoms with Gasteiger partial charge in [0.05, 0.1) is 0 Å². The minimum Gasteiger partial charge on any atom is -0.398 e. The van der Waals surface area contributed by atoms with Crippen LogP contribution in [0.1, 0.15) is 30.4 Å². The Kier molecular flexibility index (Phi) is 3.05. The molecule has 0 saturated carbocycles. The van der Waals surface area contributed by atoms with Crippen molar-refractivity contribution >= 4 is 25.0 Å². The molecular formula is C13H19NSi. The molecule has 0 radical (unpaired) electrons. The Morgan fingerprint density at radius 2 is 2.00 bits per heavy atom. The molecule has 0 bridgehead atoms. The van der Waals surface area contributed by atoms with Crippen LogP contribution in [0.2, 0.25) is 6.04 Å². The van der Waals surface area contributed by atoms with Gasteiger partial charge in [0.2, 0.25) is 0 Å². The lowest BCUT2D eigenvalue weighted by molar-refractivity contribution is 0.830. The van der Waals surface area contributed by atoms with Gasteiger partial charge in [-0.15, -0.1) is 0 Å². The zero-order valence-corrected chi connectivity index (χ0v) is 10.6. The van der Waals surface area contributed by atoms with E-state index in [4.69, 9.17) is 5.73 Å². The summed E-state index contributed by atoms with van der Waals surface area (Å²) in [4.78, 5) is 0. The van der Waals surface area contributed by atoms with Gasteiger partial charge in [-0.25, -0.2) is 0 Å². The number of anilines is 1. The SMILES string of the molecule is Cc1ccc([Si]2=CCCCC2)c(C)c1N. The third kappa shape index (κ3) is 2.05. The summed E-state index contributed by atoms with van der Waals surface area (Å²) in [6, 6.07) is 5.88. The molecule has 1 aromatic carbocycles. The Labute approximate surface area is 93.5 Å². The van der Waals surface area contributed by atoms with Crippen LogP contribution in [0.25, 0.3) is 0 Å². The Morgan fingerprint density at radius 3 is 2.67 bits per heavy atom. The first-order valence-corrected chi connectivity index (χ1v) is 7.53. The van der Waals surface area contributed by atoms with Crippen molar-refractivity contribution in [1.82, 2.24) is 0 Å². The minimum atomic E-state index is -0.399. The molecule has 1 aromatic rings. The standard InChI is InChI=1S/C13H19NSi/c1-10-6-7-12(11(2)13(10)14)15-8-4-3-5-9-15/h6-8H,3-5,9,14H2,1-2H3. The van der Waals surface area contributed by atoms with Crippen LogP contribution in [0.3, 0.4) is 0 Å². The highest BCUT2D eigenvalue weighted by Gasteiger charge is 2.11. The van der Waals surface area contributed by atoms with Gasteiger partial charge >= 0.3 is 0 Å². The summed E-state index contributed by atoms with van der Waals surface area (Å²) >= 11 is 0. The van der Waals surface area contributed by atoms with Crippen LogP contribution in [0.4, 0.5) is 5.69 Å². The molecule has 1 nitrogen and oxygen atoms in total. The summed E-state index contributed by atoms with van der Waals surface area (Å²) in [5.41, 5.74) is 12.2. The predicted molar refractivity (Wildman–Crippen MR) is 70.4 cm³/mol. The molecule has 0 aliphatic carbocycles. The van der Waals surface area contributed by atoms with Gasteiger partial charge in [0.1, 0.15) is 0 Å². The predicted octanol–water partition coefficient (Wildman–Crippen LogP) is 2.16. The summed E-state index contributed by atoms with van der Waals surface area (Å²) < 4.78 is 0. The van der Waals surface area contributed by atoms with Crippen molar-refractivity contribution in [1.29, 1.82) is 0 Å². The van der Waals surface area contributed by atoms with Crippen LogP contribution < -0.4 is 10.9 Å². The van der Waals surface area contributed by atoms with E-state index >= 15 is 0 Å². The van der Waals surface area contributed by atoms with Gasteiger partial charge in [-0.3, -0.25) is 0 Å². The fourth-order valence-electron chi connectivity index (χ4n) is 2.29.